The fourth-order valence-electron chi connectivity index (χ4n) is 2.25. The Morgan fingerprint density at radius 3 is 2.30 bits per heavy atom. The molecule has 0 spiro atoms. The van der Waals surface area contributed by atoms with Gasteiger partial charge in [0.15, 0.2) is 5.78 Å². The van der Waals surface area contributed by atoms with Gasteiger partial charge in [0.25, 0.3) is 0 Å². The molecule has 0 fully saturated rings. The minimum Gasteiger partial charge on any atom is -0.469 e. The summed E-state index contributed by atoms with van der Waals surface area (Å²) in [4.78, 5) is 28.3. The van der Waals surface area contributed by atoms with E-state index >= 15 is 0 Å². The second-order valence-corrected chi connectivity index (χ2v) is 6.03. The van der Waals surface area contributed by atoms with Crippen molar-refractivity contribution in [2.24, 2.45) is 5.41 Å². The molecule has 0 aliphatic rings. The third-order valence-electron chi connectivity index (χ3n) is 3.63. The number of carbonyl (C=O) groups excluding carboxylic acids is 2. The zero-order valence-electron chi connectivity index (χ0n) is 13.5. The van der Waals surface area contributed by atoms with Crippen molar-refractivity contribution in [2.75, 3.05) is 12.8 Å². The fraction of sp³-hybridized carbons (Fsp3) is 0.278. The van der Waals surface area contributed by atoms with E-state index in [0.29, 0.717) is 11.3 Å². The van der Waals surface area contributed by atoms with E-state index in [1.807, 2.05) is 18.2 Å². The number of aromatic nitrogens is 1. The third kappa shape index (κ3) is 3.94. The molecule has 0 aliphatic carbocycles. The van der Waals surface area contributed by atoms with Crippen LogP contribution in [0.25, 0.3) is 11.3 Å². The Bertz CT molecular complexity index is 704. The molecule has 2 rings (SSSR count). The van der Waals surface area contributed by atoms with Gasteiger partial charge in [0.2, 0.25) is 0 Å². The van der Waals surface area contributed by atoms with Gasteiger partial charge in [0.1, 0.15) is 0 Å². The van der Waals surface area contributed by atoms with Crippen molar-refractivity contribution in [2.45, 2.75) is 20.3 Å². The summed E-state index contributed by atoms with van der Waals surface area (Å²) in [7, 11) is 1.32. The Morgan fingerprint density at radius 2 is 1.78 bits per heavy atom. The number of hydrogen-bond donors (Lipinski definition) is 1. The van der Waals surface area contributed by atoms with E-state index in [2.05, 4.69) is 4.98 Å². The smallest absolute Gasteiger partial charge is 0.311 e. The van der Waals surface area contributed by atoms with E-state index in [0.717, 1.165) is 11.3 Å². The van der Waals surface area contributed by atoms with Crippen LogP contribution >= 0.6 is 0 Å². The molecule has 1 heterocycles. The van der Waals surface area contributed by atoms with Gasteiger partial charge in [-0.15, -0.1) is 0 Å². The minimum absolute atomic E-state index is 0.0964. The number of nitrogens with two attached hydrogens (primary N) is 1. The highest BCUT2D eigenvalue weighted by Crippen LogP contribution is 2.25. The monoisotopic (exact) mass is 312 g/mol. The highest BCUT2D eigenvalue weighted by Gasteiger charge is 2.31. The van der Waals surface area contributed by atoms with Crippen LogP contribution in [0.4, 0.5) is 5.69 Å². The first kappa shape index (κ1) is 16.7. The van der Waals surface area contributed by atoms with Crippen LogP contribution in [-0.2, 0) is 9.53 Å². The van der Waals surface area contributed by atoms with E-state index in [4.69, 9.17) is 10.5 Å². The molecule has 120 valence electrons. The zero-order valence-corrected chi connectivity index (χ0v) is 13.5. The van der Waals surface area contributed by atoms with Gasteiger partial charge in [-0.3, -0.25) is 14.6 Å². The molecular formula is C18H20N2O3. The first-order valence-electron chi connectivity index (χ1n) is 7.27. The number of rotatable bonds is 5. The van der Waals surface area contributed by atoms with E-state index in [-0.39, 0.29) is 12.2 Å². The Labute approximate surface area is 135 Å². The minimum atomic E-state index is -0.844. The van der Waals surface area contributed by atoms with Crippen LogP contribution in [0, 0.1) is 5.41 Å². The number of ketones is 1. The summed E-state index contributed by atoms with van der Waals surface area (Å²) < 4.78 is 4.73. The first-order valence-corrected chi connectivity index (χ1v) is 7.27. The van der Waals surface area contributed by atoms with Crippen LogP contribution in [0.3, 0.4) is 0 Å². The molecule has 0 bridgehead atoms. The number of ether oxygens (including phenoxy) is 1. The van der Waals surface area contributed by atoms with Crippen molar-refractivity contribution in [3.63, 3.8) is 0 Å². The quantitative estimate of drug-likeness (QED) is 0.677. The summed E-state index contributed by atoms with van der Waals surface area (Å²) in [6.07, 6.45) is 1.69. The maximum absolute atomic E-state index is 12.3. The number of carbonyl (C=O) groups is 2. The summed E-state index contributed by atoms with van der Waals surface area (Å²) in [5, 5.41) is 0. The molecule has 1 aromatic carbocycles. The van der Waals surface area contributed by atoms with Gasteiger partial charge in [-0.05, 0) is 26.0 Å². The van der Waals surface area contributed by atoms with Gasteiger partial charge >= 0.3 is 5.97 Å². The summed E-state index contributed by atoms with van der Waals surface area (Å²) >= 11 is 0. The molecule has 0 aliphatic heterocycles. The van der Waals surface area contributed by atoms with Crippen LogP contribution in [0.1, 0.15) is 30.6 Å². The van der Waals surface area contributed by atoms with E-state index in [1.165, 1.54) is 7.11 Å². The molecule has 1 aromatic heterocycles. The highest BCUT2D eigenvalue weighted by atomic mass is 16.5. The van der Waals surface area contributed by atoms with Gasteiger partial charge in [-0.1, -0.05) is 24.3 Å². The molecular weight excluding hydrogens is 292 g/mol. The number of methoxy groups -OCH3 is 1. The lowest BCUT2D eigenvalue weighted by Gasteiger charge is -2.20. The number of nitrogen functional groups attached to an aromatic ring is 1. The van der Waals surface area contributed by atoms with Gasteiger partial charge in [0, 0.05) is 17.5 Å². The summed E-state index contributed by atoms with van der Waals surface area (Å²) in [5.74, 6) is -0.495. The standard InChI is InChI=1S/C18H20N2O3/c1-18(2,17(22)23-3)10-16(21)13-6-4-12(5-7-13)15-9-8-14(19)11-20-15/h4-9,11H,10,19H2,1-3H3. The number of nitrogens with zero attached hydrogens (tertiary/aromatic N) is 1. The lowest BCUT2D eigenvalue weighted by atomic mass is 9.85. The highest BCUT2D eigenvalue weighted by molar-refractivity contribution is 5.99. The first-order chi connectivity index (χ1) is 10.8. The van der Waals surface area contributed by atoms with Crippen molar-refractivity contribution in [1.82, 2.24) is 4.98 Å². The molecule has 0 saturated carbocycles. The van der Waals surface area contributed by atoms with Crippen molar-refractivity contribution in [3.05, 3.63) is 48.2 Å². The Morgan fingerprint density at radius 1 is 1.13 bits per heavy atom. The molecule has 5 heteroatoms. The van der Waals surface area contributed by atoms with Gasteiger partial charge in [-0.25, -0.2) is 0 Å². The summed E-state index contributed by atoms with van der Waals surface area (Å²) in [6.45, 7) is 3.40. The number of anilines is 1. The fourth-order valence-corrected chi connectivity index (χ4v) is 2.25. The van der Waals surface area contributed by atoms with Gasteiger partial charge < -0.3 is 10.5 Å². The predicted octanol–water partition coefficient (Wildman–Crippen LogP) is 3.10. The van der Waals surface area contributed by atoms with Gasteiger partial charge in [-0.2, -0.15) is 0 Å². The topological polar surface area (TPSA) is 82.3 Å². The third-order valence-corrected chi connectivity index (χ3v) is 3.63. The number of Topliss-reactive ketones (excluding diaryl/α,β-unsaturated/α-hetero) is 1. The molecule has 23 heavy (non-hydrogen) atoms. The van der Waals surface area contributed by atoms with Crippen molar-refractivity contribution >= 4 is 17.4 Å². The number of benzene rings is 1. The normalized spacial score (nSPS) is 11.1. The molecule has 0 unspecified atom stereocenters. The maximum atomic E-state index is 12.3. The second kappa shape index (κ2) is 6.60. The average Bonchev–Trinajstić information content (AvgIpc) is 2.54. The van der Waals surface area contributed by atoms with Crippen LogP contribution < -0.4 is 5.73 Å². The van der Waals surface area contributed by atoms with E-state index in [9.17, 15) is 9.59 Å². The lowest BCUT2D eigenvalue weighted by molar-refractivity contribution is -0.150. The Hall–Kier alpha value is -2.69. The second-order valence-electron chi connectivity index (χ2n) is 6.03. The predicted molar refractivity (Wildman–Crippen MR) is 88.8 cm³/mol. The SMILES string of the molecule is COC(=O)C(C)(C)CC(=O)c1ccc(-c2ccc(N)cn2)cc1. The summed E-state index contributed by atoms with van der Waals surface area (Å²) in [6, 6.07) is 10.7. The lowest BCUT2D eigenvalue weighted by Crippen LogP contribution is -2.28. The molecule has 0 atom stereocenters. The Balaban J connectivity index is 2.14. The van der Waals surface area contributed by atoms with Crippen LogP contribution in [0.5, 0.6) is 0 Å². The molecule has 0 radical (unpaired) electrons. The van der Waals surface area contributed by atoms with Crippen molar-refractivity contribution in [3.8, 4) is 11.3 Å². The number of esters is 1. The van der Waals surface area contributed by atoms with Crippen LogP contribution in [0.2, 0.25) is 0 Å². The van der Waals surface area contributed by atoms with Gasteiger partial charge in [0.05, 0.1) is 30.1 Å². The molecule has 0 saturated heterocycles. The largest absolute Gasteiger partial charge is 0.469 e. The van der Waals surface area contributed by atoms with E-state index < -0.39 is 11.4 Å². The maximum Gasteiger partial charge on any atom is 0.311 e. The molecule has 5 nitrogen and oxygen atoms in total. The Kier molecular flexibility index (Phi) is 4.79. The number of hydrogen-bond acceptors (Lipinski definition) is 5. The zero-order chi connectivity index (χ0) is 17.0. The van der Waals surface area contributed by atoms with Crippen molar-refractivity contribution in [1.29, 1.82) is 0 Å². The van der Waals surface area contributed by atoms with Crippen LogP contribution in [0.15, 0.2) is 42.6 Å². The average molecular weight is 312 g/mol. The summed E-state index contributed by atoms with van der Waals surface area (Å²) in [5.41, 5.74) is 7.62. The van der Waals surface area contributed by atoms with Crippen LogP contribution in [-0.4, -0.2) is 23.8 Å². The molecule has 0 amide bonds. The molecule has 2 N–H and O–H groups in total. The van der Waals surface area contributed by atoms with E-state index in [1.54, 1.807) is 38.2 Å². The molecule has 2 aromatic rings. The number of pyridine rings is 1. The van der Waals surface area contributed by atoms with Crippen molar-refractivity contribution < 1.29 is 14.3 Å².